The van der Waals surface area contributed by atoms with Crippen LogP contribution < -0.4 is 4.74 Å². The van der Waals surface area contributed by atoms with Gasteiger partial charge in [-0.3, -0.25) is 4.79 Å². The summed E-state index contributed by atoms with van der Waals surface area (Å²) in [7, 11) is 0. The van der Waals surface area contributed by atoms with Gasteiger partial charge in [-0.15, -0.1) is 11.3 Å². The molecule has 0 bridgehead atoms. The summed E-state index contributed by atoms with van der Waals surface area (Å²) in [6, 6.07) is 8.19. The quantitative estimate of drug-likeness (QED) is 0.788. The van der Waals surface area contributed by atoms with Crippen LogP contribution in [0.3, 0.4) is 0 Å². The van der Waals surface area contributed by atoms with Gasteiger partial charge in [-0.05, 0) is 37.5 Å². The molecule has 116 valence electrons. The van der Waals surface area contributed by atoms with E-state index in [1.165, 1.54) is 0 Å². The van der Waals surface area contributed by atoms with Crippen molar-refractivity contribution in [1.29, 1.82) is 0 Å². The van der Waals surface area contributed by atoms with Gasteiger partial charge < -0.3 is 9.64 Å². The third kappa shape index (κ3) is 4.07. The number of hydrogen-bond donors (Lipinski definition) is 0. The second kappa shape index (κ2) is 6.92. The summed E-state index contributed by atoms with van der Waals surface area (Å²) in [6.45, 7) is 2.85. The summed E-state index contributed by atoms with van der Waals surface area (Å²) in [6.07, 6.45) is 4.84. The van der Waals surface area contributed by atoms with Crippen LogP contribution in [0.1, 0.15) is 23.4 Å². The van der Waals surface area contributed by atoms with Gasteiger partial charge in [0.2, 0.25) is 0 Å². The van der Waals surface area contributed by atoms with Gasteiger partial charge in [-0.25, -0.2) is 4.98 Å². The molecule has 2 aromatic rings. The highest BCUT2D eigenvalue weighted by Crippen LogP contribution is 2.27. The van der Waals surface area contributed by atoms with Gasteiger partial charge in [0.25, 0.3) is 5.91 Å². The second-order valence-electron chi connectivity index (χ2n) is 5.60. The molecule has 1 fully saturated rings. The zero-order valence-corrected chi connectivity index (χ0v) is 13.5. The Morgan fingerprint density at radius 1 is 1.45 bits per heavy atom. The van der Waals surface area contributed by atoms with Gasteiger partial charge in [0.15, 0.2) is 6.61 Å². The molecule has 0 saturated heterocycles. The monoisotopic (exact) mass is 316 g/mol. The Morgan fingerprint density at radius 3 is 3.00 bits per heavy atom. The lowest BCUT2D eigenvalue weighted by atomic mass is 10.2. The SMILES string of the molecule is Cc1cccc(OCC(=O)N(CCc2nccs2)C2CC2)c1. The fraction of sp³-hybridized carbons (Fsp3) is 0.412. The van der Waals surface area contributed by atoms with Crippen LogP contribution in [0, 0.1) is 6.92 Å². The van der Waals surface area contributed by atoms with E-state index in [0.717, 1.165) is 42.1 Å². The number of nitrogens with zero attached hydrogens (tertiary/aromatic N) is 2. The zero-order valence-electron chi connectivity index (χ0n) is 12.7. The summed E-state index contributed by atoms with van der Waals surface area (Å²) < 4.78 is 5.64. The topological polar surface area (TPSA) is 42.4 Å². The predicted molar refractivity (Wildman–Crippen MR) is 87.2 cm³/mol. The summed E-state index contributed by atoms with van der Waals surface area (Å²) in [4.78, 5) is 18.7. The predicted octanol–water partition coefficient (Wildman–Crippen LogP) is 3.06. The van der Waals surface area contributed by atoms with Gasteiger partial charge in [-0.1, -0.05) is 12.1 Å². The molecule has 0 N–H and O–H groups in total. The number of carbonyl (C=O) groups excluding carboxylic acids is 1. The first-order valence-corrected chi connectivity index (χ1v) is 8.47. The number of ether oxygens (including phenoxy) is 1. The summed E-state index contributed by atoms with van der Waals surface area (Å²) in [5.41, 5.74) is 1.13. The minimum atomic E-state index is 0.0700. The highest BCUT2D eigenvalue weighted by atomic mass is 32.1. The molecule has 22 heavy (non-hydrogen) atoms. The first-order chi connectivity index (χ1) is 10.7. The van der Waals surface area contributed by atoms with E-state index in [2.05, 4.69) is 4.98 Å². The van der Waals surface area contributed by atoms with Crippen LogP contribution in [0.15, 0.2) is 35.8 Å². The number of rotatable bonds is 7. The Labute approximate surface area is 134 Å². The average molecular weight is 316 g/mol. The maximum Gasteiger partial charge on any atom is 0.260 e. The largest absolute Gasteiger partial charge is 0.484 e. The number of amides is 1. The summed E-state index contributed by atoms with van der Waals surface area (Å²) >= 11 is 1.64. The Hall–Kier alpha value is -1.88. The normalized spacial score (nSPS) is 13.9. The van der Waals surface area contributed by atoms with Gasteiger partial charge in [0.1, 0.15) is 5.75 Å². The van der Waals surface area contributed by atoms with E-state index in [1.54, 1.807) is 11.3 Å². The third-order valence-electron chi connectivity index (χ3n) is 3.71. The van der Waals surface area contributed by atoms with Crippen LogP contribution in [-0.4, -0.2) is 35.0 Å². The van der Waals surface area contributed by atoms with E-state index in [-0.39, 0.29) is 12.5 Å². The number of carbonyl (C=O) groups is 1. The first kappa shape index (κ1) is 15.0. The van der Waals surface area contributed by atoms with E-state index >= 15 is 0 Å². The minimum Gasteiger partial charge on any atom is -0.484 e. The smallest absolute Gasteiger partial charge is 0.260 e. The van der Waals surface area contributed by atoms with Crippen molar-refractivity contribution in [3.63, 3.8) is 0 Å². The van der Waals surface area contributed by atoms with Crippen molar-refractivity contribution in [3.8, 4) is 5.75 Å². The lowest BCUT2D eigenvalue weighted by molar-refractivity contribution is -0.133. The molecule has 0 aliphatic heterocycles. The van der Waals surface area contributed by atoms with Crippen molar-refractivity contribution < 1.29 is 9.53 Å². The number of benzene rings is 1. The van der Waals surface area contributed by atoms with Crippen molar-refractivity contribution in [1.82, 2.24) is 9.88 Å². The molecule has 1 saturated carbocycles. The van der Waals surface area contributed by atoms with Crippen LogP contribution in [-0.2, 0) is 11.2 Å². The third-order valence-corrected chi connectivity index (χ3v) is 4.55. The molecule has 1 amide bonds. The molecular formula is C17H20N2O2S. The Bertz CT molecular complexity index is 623. The van der Waals surface area contributed by atoms with Crippen LogP contribution in [0.25, 0.3) is 0 Å². The fourth-order valence-electron chi connectivity index (χ4n) is 2.42. The van der Waals surface area contributed by atoms with Crippen molar-refractivity contribution in [3.05, 3.63) is 46.4 Å². The zero-order chi connectivity index (χ0) is 15.4. The van der Waals surface area contributed by atoms with Crippen molar-refractivity contribution >= 4 is 17.2 Å². The van der Waals surface area contributed by atoms with Gasteiger partial charge in [0, 0.05) is 30.6 Å². The molecule has 4 nitrogen and oxygen atoms in total. The highest BCUT2D eigenvalue weighted by molar-refractivity contribution is 7.09. The van der Waals surface area contributed by atoms with E-state index in [4.69, 9.17) is 4.74 Å². The highest BCUT2D eigenvalue weighted by Gasteiger charge is 2.32. The Morgan fingerprint density at radius 2 is 2.32 bits per heavy atom. The molecule has 0 unspecified atom stereocenters. The molecule has 3 rings (SSSR count). The fourth-order valence-corrected chi connectivity index (χ4v) is 3.03. The molecule has 0 spiro atoms. The standard InChI is InChI=1S/C17H20N2O2S/c1-13-3-2-4-15(11-13)21-12-17(20)19(14-5-6-14)9-7-16-18-8-10-22-16/h2-4,8,10-11,14H,5-7,9,12H2,1H3. The lowest BCUT2D eigenvalue weighted by Crippen LogP contribution is -2.38. The maximum absolute atomic E-state index is 12.4. The van der Waals surface area contributed by atoms with Crippen LogP contribution >= 0.6 is 11.3 Å². The van der Waals surface area contributed by atoms with Gasteiger partial charge in [0.05, 0.1) is 5.01 Å². The molecule has 1 aromatic heterocycles. The summed E-state index contributed by atoms with van der Waals surface area (Å²) in [5.74, 6) is 0.824. The van der Waals surface area contributed by atoms with Gasteiger partial charge in [-0.2, -0.15) is 0 Å². The number of hydrogen-bond acceptors (Lipinski definition) is 4. The van der Waals surface area contributed by atoms with E-state index in [9.17, 15) is 4.79 Å². The molecule has 5 heteroatoms. The first-order valence-electron chi connectivity index (χ1n) is 7.59. The van der Waals surface area contributed by atoms with E-state index < -0.39 is 0 Å². The Balaban J connectivity index is 1.53. The van der Waals surface area contributed by atoms with Gasteiger partial charge >= 0.3 is 0 Å². The lowest BCUT2D eigenvalue weighted by Gasteiger charge is -2.22. The second-order valence-corrected chi connectivity index (χ2v) is 6.58. The Kier molecular flexibility index (Phi) is 4.73. The molecule has 1 aromatic carbocycles. The molecule has 1 aliphatic carbocycles. The van der Waals surface area contributed by atoms with E-state index in [0.29, 0.717) is 6.04 Å². The van der Waals surface area contributed by atoms with Crippen LogP contribution in [0.5, 0.6) is 5.75 Å². The molecule has 0 radical (unpaired) electrons. The average Bonchev–Trinajstić information content (AvgIpc) is 3.21. The minimum absolute atomic E-state index is 0.0700. The van der Waals surface area contributed by atoms with Crippen molar-refractivity contribution in [2.24, 2.45) is 0 Å². The number of aryl methyl sites for hydroxylation is 1. The van der Waals surface area contributed by atoms with Crippen molar-refractivity contribution in [2.75, 3.05) is 13.2 Å². The molecule has 0 atom stereocenters. The van der Waals surface area contributed by atoms with Crippen molar-refractivity contribution in [2.45, 2.75) is 32.2 Å². The number of aromatic nitrogens is 1. The summed E-state index contributed by atoms with van der Waals surface area (Å²) in [5, 5.41) is 3.05. The number of thiazole rings is 1. The van der Waals surface area contributed by atoms with E-state index in [1.807, 2.05) is 47.7 Å². The van der Waals surface area contributed by atoms with Crippen LogP contribution in [0.2, 0.25) is 0 Å². The molecule has 1 heterocycles. The van der Waals surface area contributed by atoms with Crippen LogP contribution in [0.4, 0.5) is 0 Å². The molecule has 1 aliphatic rings. The maximum atomic E-state index is 12.4. The molecular weight excluding hydrogens is 296 g/mol.